The minimum absolute atomic E-state index is 1.10. The molecule has 0 aliphatic rings. The Morgan fingerprint density at radius 3 is 2.50 bits per heavy atom. The van der Waals surface area contributed by atoms with E-state index in [4.69, 9.17) is 0 Å². The summed E-state index contributed by atoms with van der Waals surface area (Å²) in [7, 11) is 0. The topological polar surface area (TPSA) is 12.9 Å². The van der Waals surface area contributed by atoms with Crippen molar-refractivity contribution in [2.75, 3.05) is 0 Å². The van der Waals surface area contributed by atoms with E-state index in [2.05, 4.69) is 55.2 Å². The highest BCUT2D eigenvalue weighted by atomic mass is 14.7. The van der Waals surface area contributed by atoms with Crippen molar-refractivity contribution in [2.45, 2.75) is 39.5 Å². The zero-order valence-corrected chi connectivity index (χ0v) is 11.3. The number of hydrogen-bond donors (Lipinski definition) is 0. The highest BCUT2D eigenvalue weighted by Gasteiger charge is 2.02. The molecular formula is C17H21N. The Bertz CT molecular complexity index is 488. The molecule has 0 atom stereocenters. The first-order chi connectivity index (χ1) is 8.79. The number of nitrogens with zero attached hydrogens (tertiary/aromatic N) is 1. The van der Waals surface area contributed by atoms with E-state index in [0.717, 1.165) is 17.8 Å². The van der Waals surface area contributed by atoms with Crippen LogP contribution in [0.4, 0.5) is 0 Å². The van der Waals surface area contributed by atoms with E-state index in [1.165, 1.54) is 30.4 Å². The van der Waals surface area contributed by atoms with Crippen LogP contribution in [0.15, 0.2) is 42.5 Å². The number of aromatic nitrogens is 1. The predicted octanol–water partition coefficient (Wildman–Crippen LogP) is 4.79. The Morgan fingerprint density at radius 1 is 1.00 bits per heavy atom. The molecule has 18 heavy (non-hydrogen) atoms. The van der Waals surface area contributed by atoms with Crippen LogP contribution in [0, 0.1) is 6.92 Å². The smallest absolute Gasteiger partial charge is 0.0707 e. The van der Waals surface area contributed by atoms with Gasteiger partial charge in [0.05, 0.1) is 5.69 Å². The van der Waals surface area contributed by atoms with E-state index in [1.807, 2.05) is 6.07 Å². The fraction of sp³-hybridized carbons (Fsp3) is 0.353. The van der Waals surface area contributed by atoms with Gasteiger partial charge in [-0.2, -0.15) is 0 Å². The fourth-order valence-corrected chi connectivity index (χ4v) is 2.22. The van der Waals surface area contributed by atoms with Crippen LogP contribution in [0.25, 0.3) is 11.3 Å². The Morgan fingerprint density at radius 2 is 1.78 bits per heavy atom. The number of rotatable bonds is 5. The molecule has 1 aromatic carbocycles. The van der Waals surface area contributed by atoms with Gasteiger partial charge >= 0.3 is 0 Å². The molecule has 1 aromatic heterocycles. The van der Waals surface area contributed by atoms with Crippen LogP contribution in [-0.4, -0.2) is 4.98 Å². The molecule has 0 fully saturated rings. The highest BCUT2D eigenvalue weighted by Crippen LogP contribution is 2.20. The third-order valence-electron chi connectivity index (χ3n) is 3.15. The molecule has 94 valence electrons. The lowest BCUT2D eigenvalue weighted by atomic mass is 10.0. The van der Waals surface area contributed by atoms with Crippen LogP contribution < -0.4 is 0 Å². The Hall–Kier alpha value is -1.63. The van der Waals surface area contributed by atoms with E-state index >= 15 is 0 Å². The van der Waals surface area contributed by atoms with Gasteiger partial charge in [0.25, 0.3) is 0 Å². The lowest BCUT2D eigenvalue weighted by Crippen LogP contribution is -1.93. The average Bonchev–Trinajstić information content (AvgIpc) is 2.39. The summed E-state index contributed by atoms with van der Waals surface area (Å²) < 4.78 is 0. The number of unbranched alkanes of at least 4 members (excludes halogenated alkanes) is 2. The molecule has 1 heterocycles. The van der Waals surface area contributed by atoms with Crippen LogP contribution in [0.1, 0.15) is 37.4 Å². The molecule has 0 amide bonds. The first kappa shape index (κ1) is 12.8. The maximum Gasteiger partial charge on any atom is 0.0707 e. The van der Waals surface area contributed by atoms with Crippen LogP contribution >= 0.6 is 0 Å². The molecule has 0 aliphatic carbocycles. The molecule has 0 bridgehead atoms. The quantitative estimate of drug-likeness (QED) is 0.684. The summed E-state index contributed by atoms with van der Waals surface area (Å²) >= 11 is 0. The summed E-state index contributed by atoms with van der Waals surface area (Å²) in [5, 5.41) is 0. The average molecular weight is 239 g/mol. The second kappa shape index (κ2) is 6.34. The molecule has 0 unspecified atom stereocenters. The van der Waals surface area contributed by atoms with Gasteiger partial charge in [-0.1, -0.05) is 50.1 Å². The minimum Gasteiger partial charge on any atom is -0.253 e. The number of hydrogen-bond acceptors (Lipinski definition) is 1. The summed E-state index contributed by atoms with van der Waals surface area (Å²) in [4.78, 5) is 4.63. The van der Waals surface area contributed by atoms with Gasteiger partial charge in [-0.3, -0.25) is 4.98 Å². The molecule has 0 radical (unpaired) electrons. The SMILES string of the molecule is CCCCCc1cc(C)nc(-c2ccccc2)c1. The Balaban J connectivity index is 2.21. The van der Waals surface area contributed by atoms with Crippen molar-refractivity contribution in [3.8, 4) is 11.3 Å². The van der Waals surface area contributed by atoms with Gasteiger partial charge in [-0.05, 0) is 37.5 Å². The third kappa shape index (κ3) is 3.43. The lowest BCUT2D eigenvalue weighted by molar-refractivity contribution is 0.716. The summed E-state index contributed by atoms with van der Waals surface area (Å²) in [6.45, 7) is 4.32. The van der Waals surface area contributed by atoms with E-state index < -0.39 is 0 Å². The molecule has 2 aromatic rings. The Kier molecular flexibility index (Phi) is 4.52. The van der Waals surface area contributed by atoms with E-state index in [9.17, 15) is 0 Å². The summed E-state index contributed by atoms with van der Waals surface area (Å²) in [6, 6.07) is 14.9. The second-order valence-electron chi connectivity index (χ2n) is 4.83. The van der Waals surface area contributed by atoms with Gasteiger partial charge in [0, 0.05) is 11.3 Å². The molecule has 0 spiro atoms. The van der Waals surface area contributed by atoms with Crippen molar-refractivity contribution in [1.82, 2.24) is 4.98 Å². The van der Waals surface area contributed by atoms with Crippen LogP contribution in [0.5, 0.6) is 0 Å². The van der Waals surface area contributed by atoms with Gasteiger partial charge in [0.2, 0.25) is 0 Å². The summed E-state index contributed by atoms with van der Waals surface area (Å²) in [6.07, 6.45) is 5.02. The largest absolute Gasteiger partial charge is 0.253 e. The lowest BCUT2D eigenvalue weighted by Gasteiger charge is -2.07. The van der Waals surface area contributed by atoms with Crippen LogP contribution in [0.3, 0.4) is 0 Å². The van der Waals surface area contributed by atoms with Gasteiger partial charge in [-0.15, -0.1) is 0 Å². The van der Waals surface area contributed by atoms with Gasteiger partial charge in [0.15, 0.2) is 0 Å². The van der Waals surface area contributed by atoms with Crippen molar-refractivity contribution in [1.29, 1.82) is 0 Å². The van der Waals surface area contributed by atoms with E-state index in [0.29, 0.717) is 0 Å². The highest BCUT2D eigenvalue weighted by molar-refractivity contribution is 5.59. The van der Waals surface area contributed by atoms with Crippen molar-refractivity contribution in [2.24, 2.45) is 0 Å². The van der Waals surface area contributed by atoms with Gasteiger partial charge in [-0.25, -0.2) is 0 Å². The van der Waals surface area contributed by atoms with Crippen LogP contribution in [-0.2, 0) is 6.42 Å². The molecule has 0 N–H and O–H groups in total. The second-order valence-corrected chi connectivity index (χ2v) is 4.83. The monoisotopic (exact) mass is 239 g/mol. The molecule has 2 rings (SSSR count). The van der Waals surface area contributed by atoms with Crippen molar-refractivity contribution in [3.05, 3.63) is 53.7 Å². The molecule has 1 heteroatoms. The summed E-state index contributed by atoms with van der Waals surface area (Å²) in [5.74, 6) is 0. The molecule has 0 saturated carbocycles. The minimum atomic E-state index is 1.10. The molecule has 1 nitrogen and oxygen atoms in total. The fourth-order valence-electron chi connectivity index (χ4n) is 2.22. The maximum atomic E-state index is 4.63. The maximum absolute atomic E-state index is 4.63. The third-order valence-corrected chi connectivity index (χ3v) is 3.15. The molecule has 0 aliphatic heterocycles. The van der Waals surface area contributed by atoms with Crippen molar-refractivity contribution >= 4 is 0 Å². The Labute approximate surface area is 110 Å². The van der Waals surface area contributed by atoms with Gasteiger partial charge < -0.3 is 0 Å². The number of benzene rings is 1. The predicted molar refractivity (Wildman–Crippen MR) is 77.6 cm³/mol. The summed E-state index contributed by atoms with van der Waals surface area (Å²) in [5.41, 5.74) is 4.83. The molecular weight excluding hydrogens is 218 g/mol. The normalized spacial score (nSPS) is 10.6. The van der Waals surface area contributed by atoms with Crippen molar-refractivity contribution in [3.63, 3.8) is 0 Å². The van der Waals surface area contributed by atoms with Gasteiger partial charge in [0.1, 0.15) is 0 Å². The molecule has 0 saturated heterocycles. The standard InChI is InChI=1S/C17H21N/c1-3-4-6-9-15-12-14(2)18-17(13-15)16-10-7-5-8-11-16/h5,7-8,10-13H,3-4,6,9H2,1-2H3. The first-order valence-electron chi connectivity index (χ1n) is 6.82. The number of aryl methyl sites for hydroxylation is 2. The zero-order valence-electron chi connectivity index (χ0n) is 11.3. The van der Waals surface area contributed by atoms with E-state index in [1.54, 1.807) is 0 Å². The zero-order chi connectivity index (χ0) is 12.8. The van der Waals surface area contributed by atoms with Crippen molar-refractivity contribution < 1.29 is 0 Å². The van der Waals surface area contributed by atoms with Crippen LogP contribution in [0.2, 0.25) is 0 Å². The first-order valence-corrected chi connectivity index (χ1v) is 6.82. The van der Waals surface area contributed by atoms with E-state index in [-0.39, 0.29) is 0 Å². The number of pyridine rings is 1.